The predicted octanol–water partition coefficient (Wildman–Crippen LogP) is 21.4. The molecule has 10 aromatic carbocycles. The molecule has 24 heteroatoms. The Labute approximate surface area is 699 Å². The number of nitrogens with one attached hydrogen (secondary N) is 6. The van der Waals surface area contributed by atoms with Crippen molar-refractivity contribution in [3.63, 3.8) is 0 Å². The molecule has 6 N–H and O–H groups in total. The molecule has 10 rings (SSSR count). The number of rotatable bonds is 48. The summed E-state index contributed by atoms with van der Waals surface area (Å²) < 4.78 is 72.1. The van der Waals surface area contributed by atoms with Crippen LogP contribution >= 0.6 is 0 Å². The number of anilines is 6. The molecule has 0 aliphatic heterocycles. The second-order valence-corrected chi connectivity index (χ2v) is 27.3. The third kappa shape index (κ3) is 28.6. The second-order valence-electron chi connectivity index (χ2n) is 27.3. The van der Waals surface area contributed by atoms with Crippen molar-refractivity contribution in [2.45, 2.75) is 119 Å². The summed E-state index contributed by atoms with van der Waals surface area (Å²) >= 11 is 0. The van der Waals surface area contributed by atoms with Gasteiger partial charge in [0.2, 0.25) is 0 Å². The van der Waals surface area contributed by atoms with Crippen molar-refractivity contribution in [1.29, 1.82) is 0 Å². The van der Waals surface area contributed by atoms with Crippen molar-refractivity contribution in [2.24, 2.45) is 0 Å². The Morgan fingerprint density at radius 2 is 0.350 bits per heavy atom. The molecule has 0 bridgehead atoms. The van der Waals surface area contributed by atoms with Crippen molar-refractivity contribution >= 4 is 102 Å². The van der Waals surface area contributed by atoms with Gasteiger partial charge in [-0.2, -0.15) is 0 Å². The minimum absolute atomic E-state index is 0.227. The van der Waals surface area contributed by atoms with Crippen molar-refractivity contribution in [3.05, 3.63) is 256 Å². The first-order chi connectivity index (χ1) is 58.7. The largest absolute Gasteiger partial charge is 0.494 e. The van der Waals surface area contributed by atoms with Gasteiger partial charge in [0.15, 0.2) is 34.5 Å². The summed E-state index contributed by atoms with van der Waals surface area (Å²) in [7, 11) is 0. The Hall–Kier alpha value is -14.2. The fourth-order valence-corrected chi connectivity index (χ4v) is 11.5. The average Bonchev–Trinajstić information content (AvgIpc) is 0.723. The van der Waals surface area contributed by atoms with E-state index in [2.05, 4.69) is 73.4 Å². The van der Waals surface area contributed by atoms with E-state index >= 15 is 0 Å². The molecule has 0 spiro atoms. The highest BCUT2D eigenvalue weighted by Gasteiger charge is 2.25. The number of carbonyl (C=O) groups is 6. The van der Waals surface area contributed by atoms with E-state index < -0.39 is 35.8 Å². The summed E-state index contributed by atoms with van der Waals surface area (Å²) in [6, 6.07) is 51.6. The summed E-state index contributed by atoms with van der Waals surface area (Å²) in [4.78, 5) is 86.0. The topological polar surface area (TPSA) is 285 Å². The Kier molecular flexibility index (Phi) is 35.1. The molecule has 120 heavy (non-hydrogen) atoms. The van der Waals surface area contributed by atoms with Gasteiger partial charge >= 0.3 is 35.8 Å². The van der Waals surface area contributed by atoms with E-state index in [1.165, 1.54) is 73.6 Å². The quantitative estimate of drug-likeness (QED) is 0.00679. The van der Waals surface area contributed by atoms with Crippen LogP contribution in [0.4, 0.5) is 34.1 Å². The molecular weight excluding hydrogens is 1530 g/mol. The average molecular weight is 1630 g/mol. The fraction of sp³-hybridized carbons (Fsp3) is 0.250. The minimum atomic E-state index is -0.925. The molecule has 0 saturated carbocycles. The Bertz CT molecular complexity index is 4350. The van der Waals surface area contributed by atoms with Crippen LogP contribution in [0.25, 0.3) is 32.3 Å². The first kappa shape index (κ1) is 88.2. The van der Waals surface area contributed by atoms with E-state index in [9.17, 15) is 28.8 Å². The van der Waals surface area contributed by atoms with Crippen LogP contribution in [0.1, 0.15) is 119 Å². The van der Waals surface area contributed by atoms with E-state index in [0.717, 1.165) is 114 Å². The van der Waals surface area contributed by atoms with Crippen LogP contribution < -0.4 is 88.7 Å². The molecule has 0 aliphatic carbocycles. The Morgan fingerprint density at radius 1 is 0.217 bits per heavy atom. The minimum Gasteiger partial charge on any atom is -0.494 e. The number of carbonyl (C=O) groups excluding carboxylic acids is 6. The summed E-state index contributed by atoms with van der Waals surface area (Å²) in [5.41, 5.74) is 3.72. The van der Waals surface area contributed by atoms with E-state index in [4.69, 9.17) is 56.8 Å². The van der Waals surface area contributed by atoms with Crippen LogP contribution in [0.15, 0.2) is 256 Å². The van der Waals surface area contributed by atoms with E-state index in [1.54, 1.807) is 146 Å². The molecule has 0 fully saturated rings. The molecule has 0 aromatic heterocycles. The Balaban J connectivity index is 1.12. The maximum atomic E-state index is 14.3. The Morgan fingerprint density at radius 3 is 0.475 bits per heavy atom. The van der Waals surface area contributed by atoms with Gasteiger partial charge in [0, 0.05) is 108 Å². The van der Waals surface area contributed by atoms with Gasteiger partial charge in [0.25, 0.3) is 0 Å². The third-order valence-corrected chi connectivity index (χ3v) is 17.9. The van der Waals surface area contributed by atoms with Crippen molar-refractivity contribution in [2.75, 3.05) is 71.5 Å². The summed E-state index contributed by atoms with van der Waals surface area (Å²) in [6.07, 6.45) is 26.2. The molecule has 0 unspecified atom stereocenters. The van der Waals surface area contributed by atoms with Gasteiger partial charge in [0.05, 0.1) is 39.6 Å². The van der Waals surface area contributed by atoms with Crippen molar-refractivity contribution < 1.29 is 85.6 Å². The zero-order valence-corrected chi connectivity index (χ0v) is 68.3. The van der Waals surface area contributed by atoms with Gasteiger partial charge in [-0.3, -0.25) is 0 Å². The lowest BCUT2D eigenvalue weighted by Gasteiger charge is -2.18. The number of esters is 6. The highest BCUT2D eigenvalue weighted by Crippen LogP contribution is 2.48. The number of benzene rings is 10. The number of hydrogen-bond acceptors (Lipinski definition) is 24. The van der Waals surface area contributed by atoms with E-state index in [0.29, 0.717) is 108 Å². The monoisotopic (exact) mass is 1630 g/mol. The number of unbranched alkanes of at least 4 members (excludes halogenated alkanes) is 6. The zero-order chi connectivity index (χ0) is 84.5. The molecular formula is C96H102N6O18. The zero-order valence-electron chi connectivity index (χ0n) is 68.3. The maximum Gasteiger partial charge on any atom is 0.337 e. The van der Waals surface area contributed by atoms with Gasteiger partial charge in [-0.1, -0.05) is 80.1 Å². The molecule has 0 amide bonds. The second kappa shape index (κ2) is 47.8. The lowest BCUT2D eigenvalue weighted by molar-refractivity contribution is -0.131. The number of hydrogen-bond donors (Lipinski definition) is 6. The van der Waals surface area contributed by atoms with Gasteiger partial charge < -0.3 is 88.7 Å². The van der Waals surface area contributed by atoms with Crippen LogP contribution in [0, 0.1) is 0 Å². The van der Waals surface area contributed by atoms with Crippen LogP contribution in [0.3, 0.4) is 0 Å². The molecule has 24 nitrogen and oxygen atoms in total. The molecule has 0 saturated heterocycles. The molecule has 10 aromatic rings. The molecule has 0 aliphatic rings. The first-order valence-corrected chi connectivity index (χ1v) is 40.5. The van der Waals surface area contributed by atoms with Gasteiger partial charge in [-0.25, -0.2) is 28.8 Å². The predicted molar refractivity (Wildman–Crippen MR) is 470 cm³/mol. The normalized spacial score (nSPS) is 11.3. The lowest BCUT2D eigenvalue weighted by Crippen LogP contribution is -2.11. The summed E-state index contributed by atoms with van der Waals surface area (Å²) in [6.45, 7) is 15.8. The van der Waals surface area contributed by atoms with E-state index in [-0.39, 0.29) is 66.8 Å². The van der Waals surface area contributed by atoms with Crippen LogP contribution in [0.2, 0.25) is 0 Å². The number of fused-ring (bicyclic) bond motifs is 6. The third-order valence-electron chi connectivity index (χ3n) is 17.9. The summed E-state index contributed by atoms with van der Waals surface area (Å²) in [5, 5.41) is 19.8. The van der Waals surface area contributed by atoms with Crippen LogP contribution in [-0.4, -0.2) is 75.5 Å². The highest BCUT2D eigenvalue weighted by atomic mass is 16.6. The van der Waals surface area contributed by atoms with Crippen LogP contribution in [0.5, 0.6) is 69.0 Å². The van der Waals surface area contributed by atoms with Gasteiger partial charge in [-0.05, 0) is 253 Å². The standard InChI is InChI=1S/C96H102N6O18/c1-7-13-55-109-73-31-19-67(20-32-73)97-49-43-91(103)115-85-61-79-80(62-86(85)116-92(104)44-50-98-68-21-33-74(34-22-68)110-56-14-8-2)82-64-88(118-94(106)46-52-100-70-25-37-76(38-26-70)112-58-16-10-4)90(120-96(108)48-54-102-72-29-41-78(42-30-72)114-60-18-12-6)66-84(82)83-65-89(119-95(107)47-53-101-71-27-39-77(40-28-71)113-59-17-11-5)87(63-81(79)83)117-93(105)45-51-99-69-23-35-75(36-24-69)111-57-15-9-3/h19-54,61-66,97-102H,7-18,55-60H2,1-6H3/b49-43+,50-44+,51-45+,52-46+,53-47+,54-48+. The van der Waals surface area contributed by atoms with E-state index in [1.807, 2.05) is 0 Å². The number of ether oxygens (including phenoxy) is 12. The fourth-order valence-electron chi connectivity index (χ4n) is 11.5. The van der Waals surface area contributed by atoms with Crippen LogP contribution in [-0.2, 0) is 28.8 Å². The highest BCUT2D eigenvalue weighted by molar-refractivity contribution is 6.27. The lowest BCUT2D eigenvalue weighted by atomic mass is 9.93. The summed E-state index contributed by atoms with van der Waals surface area (Å²) in [5.74, 6) is -3.24. The first-order valence-electron chi connectivity index (χ1n) is 40.5. The molecule has 0 heterocycles. The smallest absolute Gasteiger partial charge is 0.337 e. The van der Waals surface area contributed by atoms with Crippen molar-refractivity contribution in [3.8, 4) is 69.0 Å². The maximum absolute atomic E-state index is 14.3. The molecule has 0 atom stereocenters. The van der Waals surface area contributed by atoms with Gasteiger partial charge in [-0.15, -0.1) is 0 Å². The SMILES string of the molecule is CCCCOc1ccc(N/C=C/C(=O)Oc2cc3c4cc(OC(=O)/C=C/Nc5ccc(OCCCC)cc5)c(OC(=O)/C=C/Nc5ccc(OCCCC)cc5)cc4c4cc(OC(=O)/C=C/Nc5ccc(OCCCC)cc5)c(OC(=O)/C=C/Nc5ccc(OCCCC)cc5)cc4c3cc2OC(=O)/C=C/Nc2ccc(OCCCC)cc2)cc1. The van der Waals surface area contributed by atoms with Crippen molar-refractivity contribution in [1.82, 2.24) is 0 Å². The molecule has 0 radical (unpaired) electrons. The molecule has 624 valence electrons. The van der Waals surface area contributed by atoms with Gasteiger partial charge in [0.1, 0.15) is 34.5 Å².